The van der Waals surface area contributed by atoms with Gasteiger partial charge in [0.15, 0.2) is 0 Å². The lowest BCUT2D eigenvalue weighted by atomic mass is 9.83. The highest BCUT2D eigenvalue weighted by atomic mass is 32.1. The van der Waals surface area contributed by atoms with Crippen LogP contribution in [0.2, 0.25) is 0 Å². The van der Waals surface area contributed by atoms with Crippen molar-refractivity contribution in [2.24, 2.45) is 0 Å². The van der Waals surface area contributed by atoms with Gasteiger partial charge >= 0.3 is 0 Å². The van der Waals surface area contributed by atoms with Gasteiger partial charge < -0.3 is 0 Å². The molecule has 2 aromatic rings. The van der Waals surface area contributed by atoms with E-state index in [-0.39, 0.29) is 5.41 Å². The third kappa shape index (κ3) is 2.19. The van der Waals surface area contributed by atoms with Gasteiger partial charge in [-0.25, -0.2) is 0 Å². The minimum Gasteiger partial charge on any atom is -0.144 e. The number of rotatable bonds is 1. The van der Waals surface area contributed by atoms with Crippen LogP contribution >= 0.6 is 11.3 Å². The summed E-state index contributed by atoms with van der Waals surface area (Å²) in [6, 6.07) is 11.1. The Morgan fingerprint density at radius 1 is 1.06 bits per heavy atom. The first kappa shape index (κ1) is 11.4. The molecule has 0 radical (unpaired) electrons. The van der Waals surface area contributed by atoms with Crippen LogP contribution in [0.1, 0.15) is 31.9 Å². The van der Waals surface area contributed by atoms with Gasteiger partial charge in [-0.05, 0) is 40.5 Å². The molecule has 1 heterocycles. The summed E-state index contributed by atoms with van der Waals surface area (Å²) in [5.41, 5.74) is 4.39. The highest BCUT2D eigenvalue weighted by molar-refractivity contribution is 7.13. The van der Waals surface area contributed by atoms with E-state index in [9.17, 15) is 0 Å². The first-order chi connectivity index (χ1) is 7.48. The largest absolute Gasteiger partial charge is 0.144 e. The van der Waals surface area contributed by atoms with E-state index in [1.165, 1.54) is 21.6 Å². The second-order valence-corrected chi connectivity index (χ2v) is 6.20. The Morgan fingerprint density at radius 3 is 2.31 bits per heavy atom. The standard InChI is InChI=1S/C15H18S/c1-11-10-12(14-6-5-9-16-14)7-8-13(11)15(2,3)4/h5-10H,1-4H3. The van der Waals surface area contributed by atoms with Gasteiger partial charge in [0.2, 0.25) is 0 Å². The highest BCUT2D eigenvalue weighted by Crippen LogP contribution is 2.31. The molecule has 0 aliphatic heterocycles. The molecule has 0 saturated heterocycles. The van der Waals surface area contributed by atoms with Gasteiger partial charge in [-0.3, -0.25) is 0 Å². The van der Waals surface area contributed by atoms with E-state index < -0.39 is 0 Å². The van der Waals surface area contributed by atoms with Crippen molar-refractivity contribution in [1.29, 1.82) is 0 Å². The fourth-order valence-electron chi connectivity index (χ4n) is 2.10. The van der Waals surface area contributed by atoms with E-state index >= 15 is 0 Å². The van der Waals surface area contributed by atoms with Crippen LogP contribution in [-0.2, 0) is 5.41 Å². The molecule has 0 amide bonds. The molecule has 0 spiro atoms. The number of benzene rings is 1. The zero-order chi connectivity index (χ0) is 11.8. The van der Waals surface area contributed by atoms with E-state index in [1.807, 2.05) is 0 Å². The van der Waals surface area contributed by atoms with Gasteiger partial charge in [-0.1, -0.05) is 45.0 Å². The lowest BCUT2D eigenvalue weighted by Crippen LogP contribution is -2.12. The molecule has 1 heteroatoms. The van der Waals surface area contributed by atoms with E-state index in [0.717, 1.165) is 0 Å². The maximum atomic E-state index is 2.30. The third-order valence-electron chi connectivity index (χ3n) is 2.84. The summed E-state index contributed by atoms with van der Waals surface area (Å²) in [6.07, 6.45) is 0. The Hall–Kier alpha value is -1.08. The summed E-state index contributed by atoms with van der Waals surface area (Å²) < 4.78 is 0. The van der Waals surface area contributed by atoms with Gasteiger partial charge in [0.25, 0.3) is 0 Å². The molecule has 0 aliphatic carbocycles. The molecule has 0 nitrogen and oxygen atoms in total. The fourth-order valence-corrected chi connectivity index (χ4v) is 2.83. The zero-order valence-corrected chi connectivity index (χ0v) is 11.2. The molecule has 0 fully saturated rings. The van der Waals surface area contributed by atoms with Gasteiger partial charge in [0.05, 0.1) is 0 Å². The Morgan fingerprint density at radius 2 is 1.81 bits per heavy atom. The molecule has 1 aromatic carbocycles. The van der Waals surface area contributed by atoms with Crippen LogP contribution in [0.15, 0.2) is 35.7 Å². The molecule has 0 atom stereocenters. The van der Waals surface area contributed by atoms with E-state index in [2.05, 4.69) is 63.4 Å². The smallest absolute Gasteiger partial charge is 0.0342 e. The maximum absolute atomic E-state index is 2.30. The first-order valence-corrected chi connectivity index (χ1v) is 6.51. The second kappa shape index (κ2) is 4.06. The van der Waals surface area contributed by atoms with Crippen molar-refractivity contribution in [2.75, 3.05) is 0 Å². The fraction of sp³-hybridized carbons (Fsp3) is 0.333. The minimum absolute atomic E-state index is 0.234. The summed E-state index contributed by atoms with van der Waals surface area (Å²) in [7, 11) is 0. The van der Waals surface area contributed by atoms with Crippen LogP contribution in [-0.4, -0.2) is 0 Å². The van der Waals surface area contributed by atoms with Crippen molar-refractivity contribution >= 4 is 11.3 Å². The van der Waals surface area contributed by atoms with Crippen LogP contribution in [0.3, 0.4) is 0 Å². The SMILES string of the molecule is Cc1cc(-c2cccs2)ccc1C(C)(C)C. The quantitative estimate of drug-likeness (QED) is 0.645. The normalized spacial score (nSPS) is 11.8. The van der Waals surface area contributed by atoms with Crippen LogP contribution < -0.4 is 0 Å². The number of aryl methyl sites for hydroxylation is 1. The molecule has 0 unspecified atom stereocenters. The Kier molecular flexibility index (Phi) is 2.90. The number of thiophene rings is 1. The van der Waals surface area contributed by atoms with Crippen LogP contribution in [0.25, 0.3) is 10.4 Å². The Labute approximate surface area is 102 Å². The van der Waals surface area contributed by atoms with Crippen LogP contribution in [0.4, 0.5) is 0 Å². The number of hydrogen-bond donors (Lipinski definition) is 0. The molecule has 0 N–H and O–H groups in total. The van der Waals surface area contributed by atoms with Gasteiger partial charge in [0.1, 0.15) is 0 Å². The average Bonchev–Trinajstić information content (AvgIpc) is 2.68. The minimum atomic E-state index is 0.234. The van der Waals surface area contributed by atoms with E-state index in [1.54, 1.807) is 11.3 Å². The van der Waals surface area contributed by atoms with Crippen molar-refractivity contribution in [2.45, 2.75) is 33.1 Å². The molecule has 2 rings (SSSR count). The monoisotopic (exact) mass is 230 g/mol. The van der Waals surface area contributed by atoms with Crippen molar-refractivity contribution < 1.29 is 0 Å². The average molecular weight is 230 g/mol. The van der Waals surface area contributed by atoms with Crippen molar-refractivity contribution in [3.05, 3.63) is 46.8 Å². The second-order valence-electron chi connectivity index (χ2n) is 5.26. The lowest BCUT2D eigenvalue weighted by Gasteiger charge is -2.22. The topological polar surface area (TPSA) is 0 Å². The summed E-state index contributed by atoms with van der Waals surface area (Å²) in [4.78, 5) is 1.35. The molecule has 1 aromatic heterocycles. The summed E-state index contributed by atoms with van der Waals surface area (Å²) in [5, 5.41) is 2.13. The molecule has 0 aliphatic rings. The van der Waals surface area contributed by atoms with Crippen molar-refractivity contribution in [3.8, 4) is 10.4 Å². The molecular weight excluding hydrogens is 212 g/mol. The predicted molar refractivity (Wildman–Crippen MR) is 73.2 cm³/mol. The van der Waals surface area contributed by atoms with E-state index in [4.69, 9.17) is 0 Å². The van der Waals surface area contributed by atoms with Crippen molar-refractivity contribution in [3.63, 3.8) is 0 Å². The summed E-state index contributed by atoms with van der Waals surface area (Å²) in [5.74, 6) is 0. The lowest BCUT2D eigenvalue weighted by molar-refractivity contribution is 0.586. The Bertz CT molecular complexity index is 473. The Balaban J connectivity index is 2.45. The molecule has 84 valence electrons. The van der Waals surface area contributed by atoms with Crippen molar-refractivity contribution in [1.82, 2.24) is 0 Å². The van der Waals surface area contributed by atoms with E-state index in [0.29, 0.717) is 0 Å². The molecule has 0 saturated carbocycles. The highest BCUT2D eigenvalue weighted by Gasteiger charge is 2.16. The zero-order valence-electron chi connectivity index (χ0n) is 10.4. The van der Waals surface area contributed by atoms with Gasteiger partial charge in [-0.2, -0.15) is 0 Å². The molecule has 16 heavy (non-hydrogen) atoms. The maximum Gasteiger partial charge on any atom is 0.0342 e. The predicted octanol–water partition coefficient (Wildman–Crippen LogP) is 5.02. The van der Waals surface area contributed by atoms with Crippen LogP contribution in [0, 0.1) is 6.92 Å². The summed E-state index contributed by atoms with van der Waals surface area (Å²) in [6.45, 7) is 9.00. The molecule has 0 bridgehead atoms. The molecular formula is C15H18S. The number of hydrogen-bond acceptors (Lipinski definition) is 1. The van der Waals surface area contributed by atoms with Gasteiger partial charge in [-0.15, -0.1) is 11.3 Å². The first-order valence-electron chi connectivity index (χ1n) is 5.63. The third-order valence-corrected chi connectivity index (χ3v) is 3.76. The van der Waals surface area contributed by atoms with Gasteiger partial charge in [0, 0.05) is 4.88 Å². The van der Waals surface area contributed by atoms with Crippen LogP contribution in [0.5, 0.6) is 0 Å². The summed E-state index contributed by atoms with van der Waals surface area (Å²) >= 11 is 1.80.